The van der Waals surface area contributed by atoms with Gasteiger partial charge in [-0.05, 0) is 55.5 Å². The maximum Gasteiger partial charge on any atom is 0.253 e. The number of amides is 2. The van der Waals surface area contributed by atoms with E-state index in [2.05, 4.69) is 17.4 Å². The molecule has 25 heavy (non-hydrogen) atoms. The minimum Gasteiger partial charge on any atom is -0.352 e. The van der Waals surface area contributed by atoms with Crippen LogP contribution in [-0.2, 0) is 6.42 Å². The molecule has 0 radical (unpaired) electrons. The summed E-state index contributed by atoms with van der Waals surface area (Å²) >= 11 is 0. The Hall–Kier alpha value is -2.62. The quantitative estimate of drug-likeness (QED) is 0.823. The van der Waals surface area contributed by atoms with Crippen LogP contribution in [0.3, 0.4) is 0 Å². The van der Waals surface area contributed by atoms with Crippen LogP contribution >= 0.6 is 0 Å². The molecule has 2 aromatic rings. The molecule has 1 aliphatic heterocycles. The fourth-order valence-electron chi connectivity index (χ4n) is 3.11. The summed E-state index contributed by atoms with van der Waals surface area (Å²) in [5, 5.41) is 2.94. The van der Waals surface area contributed by atoms with Crippen LogP contribution in [0.4, 0.5) is 0 Å². The lowest BCUT2D eigenvalue weighted by Gasteiger charge is -2.15. The van der Waals surface area contributed by atoms with Gasteiger partial charge in [-0.1, -0.05) is 30.3 Å². The molecule has 1 N–H and O–H groups in total. The molecule has 3 rings (SSSR count). The van der Waals surface area contributed by atoms with Crippen LogP contribution in [0.1, 0.15) is 45.5 Å². The molecule has 1 aliphatic rings. The van der Waals surface area contributed by atoms with E-state index in [0.29, 0.717) is 17.7 Å². The number of nitrogens with zero attached hydrogens (tertiary/aromatic N) is 1. The third-order valence-corrected chi connectivity index (χ3v) is 4.56. The van der Waals surface area contributed by atoms with Gasteiger partial charge in [0.05, 0.1) is 0 Å². The number of benzene rings is 2. The lowest BCUT2D eigenvalue weighted by atomic mass is 10.1. The third-order valence-electron chi connectivity index (χ3n) is 4.56. The minimum atomic E-state index is -0.0896. The van der Waals surface area contributed by atoms with Crippen LogP contribution in [0.25, 0.3) is 0 Å². The Labute approximate surface area is 148 Å². The maximum absolute atomic E-state index is 12.3. The van der Waals surface area contributed by atoms with Crippen molar-refractivity contribution in [1.82, 2.24) is 10.2 Å². The standard InChI is InChI=1S/C21H24N2O2/c24-20(22-14-6-9-17-7-2-1-3-8-17)18-10-12-19(13-11-18)21(25)23-15-4-5-16-23/h1-3,7-8,10-13H,4-6,9,14-16H2,(H,22,24). The van der Waals surface area contributed by atoms with Gasteiger partial charge < -0.3 is 10.2 Å². The highest BCUT2D eigenvalue weighted by Gasteiger charge is 2.19. The second-order valence-corrected chi connectivity index (χ2v) is 6.42. The number of hydrogen-bond donors (Lipinski definition) is 1. The number of hydrogen-bond acceptors (Lipinski definition) is 2. The molecule has 0 aliphatic carbocycles. The molecule has 0 spiro atoms. The summed E-state index contributed by atoms with van der Waals surface area (Å²) in [5.41, 5.74) is 2.53. The summed E-state index contributed by atoms with van der Waals surface area (Å²) in [7, 11) is 0. The molecule has 2 aromatic carbocycles. The molecule has 0 saturated carbocycles. The van der Waals surface area contributed by atoms with Crippen molar-refractivity contribution in [2.45, 2.75) is 25.7 Å². The van der Waals surface area contributed by atoms with Crippen molar-refractivity contribution in [1.29, 1.82) is 0 Å². The van der Waals surface area contributed by atoms with E-state index >= 15 is 0 Å². The molecular formula is C21H24N2O2. The summed E-state index contributed by atoms with van der Waals surface area (Å²) < 4.78 is 0. The van der Waals surface area contributed by atoms with Crippen molar-refractivity contribution in [3.05, 3.63) is 71.3 Å². The Balaban J connectivity index is 1.46. The van der Waals surface area contributed by atoms with Crippen LogP contribution in [0.15, 0.2) is 54.6 Å². The fourth-order valence-corrected chi connectivity index (χ4v) is 3.11. The van der Waals surface area contributed by atoms with Gasteiger partial charge in [0.1, 0.15) is 0 Å². The largest absolute Gasteiger partial charge is 0.352 e. The van der Waals surface area contributed by atoms with Crippen molar-refractivity contribution >= 4 is 11.8 Å². The topological polar surface area (TPSA) is 49.4 Å². The molecule has 130 valence electrons. The molecule has 0 bridgehead atoms. The van der Waals surface area contributed by atoms with Gasteiger partial charge in [-0.2, -0.15) is 0 Å². The Kier molecular flexibility index (Phi) is 5.83. The van der Waals surface area contributed by atoms with E-state index in [0.717, 1.165) is 38.8 Å². The predicted molar refractivity (Wildman–Crippen MR) is 98.7 cm³/mol. The molecule has 1 saturated heterocycles. The van der Waals surface area contributed by atoms with Gasteiger partial charge in [-0.3, -0.25) is 9.59 Å². The number of likely N-dealkylation sites (tertiary alicyclic amines) is 1. The van der Waals surface area contributed by atoms with E-state index in [1.54, 1.807) is 24.3 Å². The van der Waals surface area contributed by atoms with Crippen LogP contribution in [0.5, 0.6) is 0 Å². The summed E-state index contributed by atoms with van der Waals surface area (Å²) in [6.45, 7) is 2.31. The second-order valence-electron chi connectivity index (χ2n) is 6.42. The van der Waals surface area contributed by atoms with E-state index in [1.165, 1.54) is 5.56 Å². The number of carbonyl (C=O) groups is 2. The van der Waals surface area contributed by atoms with Gasteiger partial charge >= 0.3 is 0 Å². The van der Waals surface area contributed by atoms with Gasteiger partial charge in [-0.25, -0.2) is 0 Å². The van der Waals surface area contributed by atoms with Crippen molar-refractivity contribution in [2.75, 3.05) is 19.6 Å². The molecule has 0 aromatic heterocycles. The van der Waals surface area contributed by atoms with Crippen LogP contribution in [0.2, 0.25) is 0 Å². The Morgan fingerprint density at radius 1 is 0.880 bits per heavy atom. The number of nitrogens with one attached hydrogen (secondary N) is 1. The summed E-state index contributed by atoms with van der Waals surface area (Å²) in [5.74, 6) is -0.0273. The molecule has 0 unspecified atom stereocenters. The number of aryl methyl sites for hydroxylation is 1. The molecule has 1 heterocycles. The van der Waals surface area contributed by atoms with Crippen molar-refractivity contribution < 1.29 is 9.59 Å². The van der Waals surface area contributed by atoms with E-state index in [9.17, 15) is 9.59 Å². The fraction of sp³-hybridized carbons (Fsp3) is 0.333. The Morgan fingerprint density at radius 3 is 2.20 bits per heavy atom. The van der Waals surface area contributed by atoms with Gasteiger partial charge in [-0.15, -0.1) is 0 Å². The SMILES string of the molecule is O=C(NCCCc1ccccc1)c1ccc(C(=O)N2CCCC2)cc1. The third kappa shape index (κ3) is 4.69. The Morgan fingerprint density at radius 2 is 1.52 bits per heavy atom. The van der Waals surface area contributed by atoms with Crippen molar-refractivity contribution in [3.63, 3.8) is 0 Å². The zero-order valence-corrected chi connectivity index (χ0v) is 14.4. The molecular weight excluding hydrogens is 312 g/mol. The van der Waals surface area contributed by atoms with Gasteiger partial charge in [0.15, 0.2) is 0 Å². The number of carbonyl (C=O) groups excluding carboxylic acids is 2. The van der Waals surface area contributed by atoms with Crippen molar-refractivity contribution in [2.24, 2.45) is 0 Å². The number of rotatable bonds is 6. The molecule has 0 atom stereocenters. The minimum absolute atomic E-state index is 0.0623. The monoisotopic (exact) mass is 336 g/mol. The summed E-state index contributed by atoms with van der Waals surface area (Å²) in [6.07, 6.45) is 4.01. The van der Waals surface area contributed by atoms with Gasteiger partial charge in [0.25, 0.3) is 11.8 Å². The first kappa shape index (κ1) is 17.2. The van der Waals surface area contributed by atoms with E-state index in [1.807, 2.05) is 23.1 Å². The summed E-state index contributed by atoms with van der Waals surface area (Å²) in [4.78, 5) is 26.4. The first-order chi connectivity index (χ1) is 12.2. The smallest absolute Gasteiger partial charge is 0.253 e. The zero-order valence-electron chi connectivity index (χ0n) is 14.4. The normalized spacial score (nSPS) is 13.7. The van der Waals surface area contributed by atoms with Crippen molar-refractivity contribution in [3.8, 4) is 0 Å². The second kappa shape index (κ2) is 8.47. The van der Waals surface area contributed by atoms with E-state index < -0.39 is 0 Å². The average molecular weight is 336 g/mol. The Bertz CT molecular complexity index is 704. The van der Waals surface area contributed by atoms with Crippen LogP contribution < -0.4 is 5.32 Å². The lowest BCUT2D eigenvalue weighted by Crippen LogP contribution is -2.28. The highest BCUT2D eigenvalue weighted by Crippen LogP contribution is 2.13. The van der Waals surface area contributed by atoms with Crippen LogP contribution in [0, 0.1) is 0 Å². The van der Waals surface area contributed by atoms with E-state index in [4.69, 9.17) is 0 Å². The maximum atomic E-state index is 12.3. The molecule has 1 fully saturated rings. The van der Waals surface area contributed by atoms with E-state index in [-0.39, 0.29) is 11.8 Å². The van der Waals surface area contributed by atoms with Gasteiger partial charge in [0.2, 0.25) is 0 Å². The summed E-state index contributed by atoms with van der Waals surface area (Å²) in [6, 6.07) is 17.2. The highest BCUT2D eigenvalue weighted by atomic mass is 16.2. The molecule has 2 amide bonds. The predicted octanol–water partition coefficient (Wildman–Crippen LogP) is 3.29. The van der Waals surface area contributed by atoms with Crippen LogP contribution in [-0.4, -0.2) is 36.3 Å². The first-order valence-electron chi connectivity index (χ1n) is 8.95. The zero-order chi connectivity index (χ0) is 17.5. The molecule has 4 nitrogen and oxygen atoms in total. The molecule has 4 heteroatoms. The van der Waals surface area contributed by atoms with Gasteiger partial charge in [0, 0.05) is 30.8 Å². The lowest BCUT2D eigenvalue weighted by molar-refractivity contribution is 0.0792. The first-order valence-corrected chi connectivity index (χ1v) is 8.95. The average Bonchev–Trinajstić information content (AvgIpc) is 3.20. The highest BCUT2D eigenvalue weighted by molar-refractivity contribution is 5.97.